The van der Waals surface area contributed by atoms with E-state index in [9.17, 15) is 0 Å². The number of nitrogens with zero attached hydrogens (tertiary/aromatic N) is 1. The van der Waals surface area contributed by atoms with Gasteiger partial charge in [-0.3, -0.25) is 4.90 Å². The number of methoxy groups -OCH3 is 1. The van der Waals surface area contributed by atoms with Crippen LogP contribution in [-0.4, -0.2) is 37.2 Å². The van der Waals surface area contributed by atoms with Crippen LogP contribution in [0.2, 0.25) is 0 Å². The number of nitrogens with two attached hydrogens (primary N) is 1. The van der Waals surface area contributed by atoms with Crippen LogP contribution in [0.5, 0.6) is 5.75 Å². The largest absolute Gasteiger partial charge is 0.496 e. The van der Waals surface area contributed by atoms with Crippen LogP contribution in [0.25, 0.3) is 0 Å². The number of likely N-dealkylation sites (tertiary alicyclic amines) is 1. The maximum atomic E-state index is 6.17. The summed E-state index contributed by atoms with van der Waals surface area (Å²) >= 11 is 0. The van der Waals surface area contributed by atoms with Crippen molar-refractivity contribution in [2.75, 3.05) is 26.7 Å². The van der Waals surface area contributed by atoms with Gasteiger partial charge in [0.05, 0.1) is 7.11 Å². The maximum absolute atomic E-state index is 6.17. The van der Waals surface area contributed by atoms with Crippen molar-refractivity contribution in [3.63, 3.8) is 0 Å². The number of rotatable bonds is 6. The van der Waals surface area contributed by atoms with E-state index in [4.69, 9.17) is 10.5 Å². The van der Waals surface area contributed by atoms with E-state index in [2.05, 4.69) is 37.8 Å². The third kappa shape index (κ3) is 3.58. The molecule has 0 saturated carbocycles. The molecule has 2 rings (SSSR count). The molecule has 1 fully saturated rings. The van der Waals surface area contributed by atoms with Crippen molar-refractivity contribution in [2.24, 2.45) is 17.6 Å². The first-order chi connectivity index (χ1) is 10.00. The van der Waals surface area contributed by atoms with Crippen molar-refractivity contribution in [1.29, 1.82) is 0 Å². The van der Waals surface area contributed by atoms with E-state index >= 15 is 0 Å². The zero-order chi connectivity index (χ0) is 15.5. The summed E-state index contributed by atoms with van der Waals surface area (Å²) in [6.45, 7) is 9.95. The average Bonchev–Trinajstić information content (AvgIpc) is 2.98. The predicted molar refractivity (Wildman–Crippen MR) is 88.7 cm³/mol. The number of para-hydroxylation sites is 1. The number of hydrogen-bond donors (Lipinski definition) is 1. The van der Waals surface area contributed by atoms with Gasteiger partial charge in [0.15, 0.2) is 0 Å². The van der Waals surface area contributed by atoms with Crippen LogP contribution >= 0.6 is 0 Å². The molecule has 1 heterocycles. The Hall–Kier alpha value is -1.06. The molecule has 1 aromatic carbocycles. The molecule has 0 bridgehead atoms. The van der Waals surface area contributed by atoms with Gasteiger partial charge in [-0.2, -0.15) is 0 Å². The van der Waals surface area contributed by atoms with Gasteiger partial charge in [0, 0.05) is 18.6 Å². The molecule has 2 unspecified atom stereocenters. The average molecular weight is 290 g/mol. The van der Waals surface area contributed by atoms with Gasteiger partial charge in [0.1, 0.15) is 5.75 Å². The number of benzene rings is 1. The van der Waals surface area contributed by atoms with Gasteiger partial charge in [-0.25, -0.2) is 0 Å². The molecule has 0 spiro atoms. The molecule has 1 saturated heterocycles. The Morgan fingerprint density at radius 1 is 1.38 bits per heavy atom. The Kier molecular flexibility index (Phi) is 5.28. The second-order valence-electron chi connectivity index (χ2n) is 6.93. The van der Waals surface area contributed by atoms with Crippen molar-refractivity contribution in [3.05, 3.63) is 29.8 Å². The fourth-order valence-corrected chi connectivity index (χ4v) is 3.39. The summed E-state index contributed by atoms with van der Waals surface area (Å²) in [7, 11) is 1.74. The summed E-state index contributed by atoms with van der Waals surface area (Å²) in [4.78, 5) is 2.59. The highest BCUT2D eigenvalue weighted by Crippen LogP contribution is 2.32. The van der Waals surface area contributed by atoms with E-state index in [1.54, 1.807) is 7.11 Å². The fraction of sp³-hybridized carbons (Fsp3) is 0.667. The summed E-state index contributed by atoms with van der Waals surface area (Å²) in [6, 6.07) is 8.29. The number of ether oxygens (including phenoxy) is 1. The smallest absolute Gasteiger partial charge is 0.122 e. The molecular weight excluding hydrogens is 260 g/mol. The second kappa shape index (κ2) is 6.80. The van der Waals surface area contributed by atoms with Crippen LogP contribution in [0.15, 0.2) is 24.3 Å². The first-order valence-corrected chi connectivity index (χ1v) is 8.07. The molecule has 0 radical (unpaired) electrons. The molecule has 3 nitrogen and oxygen atoms in total. The van der Waals surface area contributed by atoms with Crippen LogP contribution < -0.4 is 10.5 Å². The molecular formula is C18H30N2O. The van der Waals surface area contributed by atoms with E-state index in [0.717, 1.165) is 30.6 Å². The van der Waals surface area contributed by atoms with Crippen LogP contribution in [0.3, 0.4) is 0 Å². The Labute approximate surface area is 129 Å². The molecule has 1 aromatic rings. The van der Waals surface area contributed by atoms with Crippen molar-refractivity contribution in [2.45, 2.75) is 39.2 Å². The first kappa shape index (κ1) is 16.3. The molecule has 21 heavy (non-hydrogen) atoms. The molecule has 118 valence electrons. The normalized spacial score (nSPS) is 22.5. The van der Waals surface area contributed by atoms with Gasteiger partial charge in [-0.05, 0) is 49.8 Å². The topological polar surface area (TPSA) is 38.5 Å². The second-order valence-corrected chi connectivity index (χ2v) is 6.93. The molecule has 0 aliphatic carbocycles. The van der Waals surface area contributed by atoms with Crippen molar-refractivity contribution in [1.82, 2.24) is 4.90 Å². The highest BCUT2D eigenvalue weighted by Gasteiger charge is 2.37. The van der Waals surface area contributed by atoms with E-state index in [0.29, 0.717) is 6.54 Å². The Balaban J connectivity index is 2.14. The Morgan fingerprint density at radius 3 is 2.67 bits per heavy atom. The van der Waals surface area contributed by atoms with Crippen molar-refractivity contribution >= 4 is 0 Å². The minimum Gasteiger partial charge on any atom is -0.496 e. The zero-order valence-electron chi connectivity index (χ0n) is 13.9. The standard InChI is InChI=1S/C18H30N2O/c1-14(2)16-9-10-20(12-16)18(3,13-19)11-15-7-5-6-8-17(15)21-4/h5-8,14,16H,9-13,19H2,1-4H3. The highest BCUT2D eigenvalue weighted by molar-refractivity contribution is 5.34. The Bertz CT molecular complexity index is 460. The van der Waals surface area contributed by atoms with E-state index in [-0.39, 0.29) is 5.54 Å². The lowest BCUT2D eigenvalue weighted by Crippen LogP contribution is -2.52. The lowest BCUT2D eigenvalue weighted by atomic mass is 9.90. The van der Waals surface area contributed by atoms with Crippen molar-refractivity contribution < 1.29 is 4.74 Å². The van der Waals surface area contributed by atoms with Crippen LogP contribution in [0.1, 0.15) is 32.8 Å². The van der Waals surface area contributed by atoms with Crippen LogP contribution in [0, 0.1) is 11.8 Å². The highest BCUT2D eigenvalue weighted by atomic mass is 16.5. The molecule has 0 aromatic heterocycles. The third-order valence-corrected chi connectivity index (χ3v) is 5.13. The van der Waals surface area contributed by atoms with Gasteiger partial charge in [-0.1, -0.05) is 32.0 Å². The van der Waals surface area contributed by atoms with E-state index in [1.807, 2.05) is 12.1 Å². The quantitative estimate of drug-likeness (QED) is 0.875. The molecule has 1 aliphatic heterocycles. The Morgan fingerprint density at radius 2 is 2.10 bits per heavy atom. The molecule has 0 amide bonds. The zero-order valence-corrected chi connectivity index (χ0v) is 13.9. The van der Waals surface area contributed by atoms with Crippen LogP contribution in [-0.2, 0) is 6.42 Å². The van der Waals surface area contributed by atoms with E-state index < -0.39 is 0 Å². The van der Waals surface area contributed by atoms with Crippen LogP contribution in [0.4, 0.5) is 0 Å². The van der Waals surface area contributed by atoms with Gasteiger partial charge in [0.25, 0.3) is 0 Å². The van der Waals surface area contributed by atoms with E-state index in [1.165, 1.54) is 18.5 Å². The summed E-state index contributed by atoms with van der Waals surface area (Å²) in [6.07, 6.45) is 2.23. The summed E-state index contributed by atoms with van der Waals surface area (Å²) in [5.41, 5.74) is 7.43. The minimum absolute atomic E-state index is 0.0122. The lowest BCUT2D eigenvalue weighted by Gasteiger charge is -2.39. The van der Waals surface area contributed by atoms with Gasteiger partial charge in [-0.15, -0.1) is 0 Å². The summed E-state index contributed by atoms with van der Waals surface area (Å²) in [5, 5.41) is 0. The lowest BCUT2D eigenvalue weighted by molar-refractivity contribution is 0.132. The third-order valence-electron chi connectivity index (χ3n) is 5.13. The monoisotopic (exact) mass is 290 g/mol. The van der Waals surface area contributed by atoms with Crippen molar-refractivity contribution in [3.8, 4) is 5.75 Å². The fourth-order valence-electron chi connectivity index (χ4n) is 3.39. The van der Waals surface area contributed by atoms with Gasteiger partial charge >= 0.3 is 0 Å². The maximum Gasteiger partial charge on any atom is 0.122 e. The summed E-state index contributed by atoms with van der Waals surface area (Å²) < 4.78 is 5.50. The van der Waals surface area contributed by atoms with Gasteiger partial charge in [0.2, 0.25) is 0 Å². The molecule has 1 aliphatic rings. The molecule has 3 heteroatoms. The van der Waals surface area contributed by atoms with Gasteiger partial charge < -0.3 is 10.5 Å². The molecule has 2 atom stereocenters. The molecule has 2 N–H and O–H groups in total. The predicted octanol–water partition coefficient (Wildman–Crippen LogP) is 2.93. The number of hydrogen-bond acceptors (Lipinski definition) is 3. The first-order valence-electron chi connectivity index (χ1n) is 8.07. The summed E-state index contributed by atoms with van der Waals surface area (Å²) in [5.74, 6) is 2.52. The SMILES string of the molecule is COc1ccccc1CC(C)(CN)N1CCC(C(C)C)C1. The minimum atomic E-state index is 0.0122.